The van der Waals surface area contributed by atoms with Crippen molar-refractivity contribution in [3.8, 4) is 0 Å². The van der Waals surface area contributed by atoms with Crippen LogP contribution in [0.1, 0.15) is 25.3 Å². The highest BCUT2D eigenvalue weighted by Gasteiger charge is 2.51. The van der Waals surface area contributed by atoms with Gasteiger partial charge in [-0.3, -0.25) is 0 Å². The second kappa shape index (κ2) is 3.56. The van der Waals surface area contributed by atoms with E-state index in [1.54, 1.807) is 0 Å². The first-order valence-corrected chi connectivity index (χ1v) is 5.49. The first-order chi connectivity index (χ1) is 6.65. The highest BCUT2D eigenvalue weighted by atomic mass is 35.5. The van der Waals surface area contributed by atoms with Crippen molar-refractivity contribution in [3.63, 3.8) is 0 Å². The van der Waals surface area contributed by atoms with Crippen molar-refractivity contribution in [3.05, 3.63) is 34.9 Å². The summed E-state index contributed by atoms with van der Waals surface area (Å²) in [6, 6.07) is 7.75. The monoisotopic (exact) mass is 210 g/mol. The summed E-state index contributed by atoms with van der Waals surface area (Å²) in [5, 5.41) is 10.9. The molecule has 0 aliphatic heterocycles. The maximum Gasteiger partial charge on any atom is 0.0721 e. The normalized spacial score (nSPS) is 30.4. The summed E-state index contributed by atoms with van der Waals surface area (Å²) in [6.45, 7) is 2.12. The molecule has 1 fully saturated rings. The van der Waals surface area contributed by atoms with E-state index in [1.807, 2.05) is 24.3 Å². The molecule has 0 bridgehead atoms. The van der Waals surface area contributed by atoms with Crippen molar-refractivity contribution in [1.82, 2.24) is 0 Å². The van der Waals surface area contributed by atoms with Gasteiger partial charge < -0.3 is 5.11 Å². The molecule has 2 rings (SSSR count). The first-order valence-electron chi connectivity index (χ1n) is 5.11. The standard InChI is InChI=1S/C12H15ClO/c1-2-10-8-12(10,14)7-9-5-3-4-6-11(9)13/h3-6,10,14H,2,7-8H2,1H3. The minimum Gasteiger partial charge on any atom is -0.389 e. The van der Waals surface area contributed by atoms with E-state index >= 15 is 0 Å². The predicted octanol–water partition coefficient (Wildman–Crippen LogP) is 3.04. The Balaban J connectivity index is 2.09. The zero-order valence-corrected chi connectivity index (χ0v) is 9.09. The Kier molecular flexibility index (Phi) is 2.54. The number of hydrogen-bond acceptors (Lipinski definition) is 1. The molecule has 0 heterocycles. The lowest BCUT2D eigenvalue weighted by Crippen LogP contribution is -2.14. The third-order valence-corrected chi connectivity index (χ3v) is 3.52. The van der Waals surface area contributed by atoms with Crippen LogP contribution in [-0.4, -0.2) is 10.7 Å². The van der Waals surface area contributed by atoms with Crippen LogP contribution in [0.3, 0.4) is 0 Å². The van der Waals surface area contributed by atoms with E-state index in [0.29, 0.717) is 12.3 Å². The molecule has 1 saturated carbocycles. The van der Waals surface area contributed by atoms with E-state index in [9.17, 15) is 5.11 Å². The Labute approximate surface area is 89.7 Å². The fourth-order valence-electron chi connectivity index (χ4n) is 2.08. The van der Waals surface area contributed by atoms with Crippen LogP contribution in [0.15, 0.2) is 24.3 Å². The molecular weight excluding hydrogens is 196 g/mol. The highest BCUT2D eigenvalue weighted by molar-refractivity contribution is 6.31. The maximum absolute atomic E-state index is 10.1. The average Bonchev–Trinajstić information content (AvgIpc) is 2.81. The third kappa shape index (κ3) is 1.79. The fraction of sp³-hybridized carbons (Fsp3) is 0.500. The largest absolute Gasteiger partial charge is 0.389 e. The first kappa shape index (κ1) is 10.0. The Morgan fingerprint density at radius 1 is 1.50 bits per heavy atom. The molecule has 2 atom stereocenters. The van der Waals surface area contributed by atoms with Crippen LogP contribution in [0.25, 0.3) is 0 Å². The highest BCUT2D eigenvalue weighted by Crippen LogP contribution is 2.48. The fourth-order valence-corrected chi connectivity index (χ4v) is 2.28. The van der Waals surface area contributed by atoms with Crippen LogP contribution in [0.4, 0.5) is 0 Å². The van der Waals surface area contributed by atoms with E-state index < -0.39 is 5.60 Å². The van der Waals surface area contributed by atoms with Crippen molar-refractivity contribution >= 4 is 11.6 Å². The third-order valence-electron chi connectivity index (χ3n) is 3.15. The predicted molar refractivity (Wildman–Crippen MR) is 58.5 cm³/mol. The number of benzene rings is 1. The van der Waals surface area contributed by atoms with E-state index in [1.165, 1.54) is 0 Å². The molecule has 0 spiro atoms. The maximum atomic E-state index is 10.1. The van der Waals surface area contributed by atoms with Crippen LogP contribution in [0.5, 0.6) is 0 Å². The second-order valence-corrected chi connectivity index (χ2v) is 4.59. The molecule has 14 heavy (non-hydrogen) atoms. The summed E-state index contributed by atoms with van der Waals surface area (Å²) in [4.78, 5) is 0. The van der Waals surface area contributed by atoms with Gasteiger partial charge in [-0.25, -0.2) is 0 Å². The summed E-state index contributed by atoms with van der Waals surface area (Å²) in [5.41, 5.74) is 0.590. The Morgan fingerprint density at radius 3 is 2.79 bits per heavy atom. The van der Waals surface area contributed by atoms with Crippen LogP contribution in [0.2, 0.25) is 5.02 Å². The summed E-state index contributed by atoms with van der Waals surface area (Å²) >= 11 is 6.04. The lowest BCUT2D eigenvalue weighted by molar-refractivity contribution is 0.130. The van der Waals surface area contributed by atoms with Crippen LogP contribution >= 0.6 is 11.6 Å². The molecule has 1 nitrogen and oxygen atoms in total. The summed E-state index contributed by atoms with van der Waals surface area (Å²) in [6.07, 6.45) is 2.68. The molecule has 0 amide bonds. The van der Waals surface area contributed by atoms with Gasteiger partial charge in [-0.1, -0.05) is 43.1 Å². The molecule has 0 saturated heterocycles. The Bertz CT molecular complexity index is 337. The number of hydrogen-bond donors (Lipinski definition) is 1. The van der Waals surface area contributed by atoms with Gasteiger partial charge in [0.2, 0.25) is 0 Å². The van der Waals surface area contributed by atoms with Crippen molar-refractivity contribution in [2.75, 3.05) is 0 Å². The van der Waals surface area contributed by atoms with Gasteiger partial charge >= 0.3 is 0 Å². The quantitative estimate of drug-likeness (QED) is 0.813. The van der Waals surface area contributed by atoms with Crippen molar-refractivity contribution in [2.45, 2.75) is 31.8 Å². The van der Waals surface area contributed by atoms with Crippen molar-refractivity contribution in [2.24, 2.45) is 5.92 Å². The van der Waals surface area contributed by atoms with Gasteiger partial charge in [0.25, 0.3) is 0 Å². The van der Waals surface area contributed by atoms with Gasteiger partial charge in [0.05, 0.1) is 5.60 Å². The minimum absolute atomic E-state index is 0.471. The molecule has 76 valence electrons. The zero-order chi connectivity index (χ0) is 10.2. The molecular formula is C12H15ClO. The van der Waals surface area contributed by atoms with E-state index in [2.05, 4.69) is 6.92 Å². The summed E-state index contributed by atoms with van der Waals surface area (Å²) in [5.74, 6) is 0.471. The molecule has 1 N–H and O–H groups in total. The lowest BCUT2D eigenvalue weighted by atomic mass is 10.0. The lowest BCUT2D eigenvalue weighted by Gasteiger charge is -2.10. The van der Waals surface area contributed by atoms with Crippen LogP contribution < -0.4 is 0 Å². The average molecular weight is 211 g/mol. The zero-order valence-electron chi connectivity index (χ0n) is 8.33. The van der Waals surface area contributed by atoms with Crippen LogP contribution in [-0.2, 0) is 6.42 Å². The SMILES string of the molecule is CCC1CC1(O)Cc1ccccc1Cl. The molecule has 1 aliphatic carbocycles. The number of halogens is 1. The van der Waals surface area contributed by atoms with E-state index in [0.717, 1.165) is 23.4 Å². The smallest absolute Gasteiger partial charge is 0.0721 e. The molecule has 0 radical (unpaired) electrons. The van der Waals surface area contributed by atoms with Crippen LogP contribution in [0, 0.1) is 5.92 Å². The Hall–Kier alpha value is -0.530. The molecule has 2 heteroatoms. The molecule has 1 aromatic carbocycles. The van der Waals surface area contributed by atoms with Gasteiger partial charge in [-0.15, -0.1) is 0 Å². The number of aliphatic hydroxyl groups is 1. The van der Waals surface area contributed by atoms with Gasteiger partial charge in [0.1, 0.15) is 0 Å². The molecule has 0 aromatic heterocycles. The van der Waals surface area contributed by atoms with Crippen molar-refractivity contribution < 1.29 is 5.11 Å². The topological polar surface area (TPSA) is 20.2 Å². The van der Waals surface area contributed by atoms with Crippen molar-refractivity contribution in [1.29, 1.82) is 0 Å². The number of rotatable bonds is 3. The molecule has 2 unspecified atom stereocenters. The second-order valence-electron chi connectivity index (χ2n) is 4.18. The van der Waals surface area contributed by atoms with Gasteiger partial charge in [0, 0.05) is 11.4 Å². The van der Waals surface area contributed by atoms with Gasteiger partial charge in [0.15, 0.2) is 0 Å². The van der Waals surface area contributed by atoms with Gasteiger partial charge in [-0.05, 0) is 24.0 Å². The Morgan fingerprint density at radius 2 is 2.21 bits per heavy atom. The molecule has 1 aliphatic rings. The molecule has 1 aromatic rings. The summed E-state index contributed by atoms with van der Waals surface area (Å²) in [7, 11) is 0. The summed E-state index contributed by atoms with van der Waals surface area (Å²) < 4.78 is 0. The van der Waals surface area contributed by atoms with E-state index in [4.69, 9.17) is 11.6 Å². The van der Waals surface area contributed by atoms with E-state index in [-0.39, 0.29) is 0 Å². The van der Waals surface area contributed by atoms with Gasteiger partial charge in [-0.2, -0.15) is 0 Å². The minimum atomic E-state index is -0.472.